The lowest BCUT2D eigenvalue weighted by Crippen LogP contribution is -2.24. The second kappa shape index (κ2) is 3.89. The molecule has 1 N–H and O–H groups in total. The lowest BCUT2D eigenvalue weighted by Gasteiger charge is -2.15. The summed E-state index contributed by atoms with van der Waals surface area (Å²) in [5, 5.41) is 3.37. The highest BCUT2D eigenvalue weighted by Gasteiger charge is 2.03. The molecule has 0 bridgehead atoms. The SMILES string of the molecule is [CH2]C1CCCCCNC1. The largest absolute Gasteiger partial charge is 0.316 e. The third-order valence-electron chi connectivity index (χ3n) is 1.90. The molecule has 1 unspecified atom stereocenters. The van der Waals surface area contributed by atoms with Gasteiger partial charge < -0.3 is 5.32 Å². The first kappa shape index (κ1) is 7.07. The summed E-state index contributed by atoms with van der Waals surface area (Å²) in [7, 11) is 0. The predicted molar refractivity (Wildman–Crippen MR) is 40.2 cm³/mol. The van der Waals surface area contributed by atoms with Gasteiger partial charge in [-0.05, 0) is 38.8 Å². The van der Waals surface area contributed by atoms with Crippen molar-refractivity contribution in [3.8, 4) is 0 Å². The van der Waals surface area contributed by atoms with Crippen LogP contribution in [-0.2, 0) is 0 Å². The van der Waals surface area contributed by atoms with Gasteiger partial charge in [-0.2, -0.15) is 0 Å². The molecule has 0 aromatic heterocycles. The molecule has 1 aliphatic rings. The van der Waals surface area contributed by atoms with Crippen molar-refractivity contribution < 1.29 is 0 Å². The van der Waals surface area contributed by atoms with Crippen LogP contribution >= 0.6 is 0 Å². The zero-order valence-corrected chi connectivity index (χ0v) is 6.03. The minimum absolute atomic E-state index is 0.658. The topological polar surface area (TPSA) is 12.0 Å². The van der Waals surface area contributed by atoms with E-state index in [1.165, 1.54) is 32.2 Å². The van der Waals surface area contributed by atoms with Crippen molar-refractivity contribution in [1.29, 1.82) is 0 Å². The molecule has 1 rings (SSSR count). The molecular formula is C8H16N. The Bertz CT molecular complexity index is 63.0. The molecule has 1 nitrogen and oxygen atoms in total. The highest BCUT2D eigenvalue weighted by molar-refractivity contribution is 4.67. The fraction of sp³-hybridized carbons (Fsp3) is 0.875. The van der Waals surface area contributed by atoms with Crippen LogP contribution in [0.5, 0.6) is 0 Å². The third kappa shape index (κ3) is 2.85. The van der Waals surface area contributed by atoms with Gasteiger partial charge in [-0.3, -0.25) is 0 Å². The van der Waals surface area contributed by atoms with E-state index in [1.54, 1.807) is 0 Å². The maximum Gasteiger partial charge on any atom is -0.00205 e. The molecule has 1 radical (unpaired) electrons. The summed E-state index contributed by atoms with van der Waals surface area (Å²) in [6, 6.07) is 0. The molecule has 0 aromatic carbocycles. The monoisotopic (exact) mass is 126 g/mol. The molecule has 1 aliphatic heterocycles. The zero-order valence-electron chi connectivity index (χ0n) is 6.03. The van der Waals surface area contributed by atoms with Crippen molar-refractivity contribution >= 4 is 0 Å². The molecule has 1 saturated heterocycles. The van der Waals surface area contributed by atoms with Crippen LogP contribution in [0.2, 0.25) is 0 Å². The molecule has 0 amide bonds. The first-order chi connectivity index (χ1) is 4.39. The highest BCUT2D eigenvalue weighted by Crippen LogP contribution is 2.09. The van der Waals surface area contributed by atoms with Crippen LogP contribution in [-0.4, -0.2) is 13.1 Å². The average Bonchev–Trinajstić information content (AvgIpc) is 1.79. The summed E-state index contributed by atoms with van der Waals surface area (Å²) in [4.78, 5) is 0. The summed E-state index contributed by atoms with van der Waals surface area (Å²) in [6.45, 7) is 6.36. The van der Waals surface area contributed by atoms with Gasteiger partial charge in [-0.15, -0.1) is 0 Å². The Kier molecular flexibility index (Phi) is 3.05. The number of rotatable bonds is 0. The van der Waals surface area contributed by atoms with Crippen molar-refractivity contribution in [2.75, 3.05) is 13.1 Å². The van der Waals surface area contributed by atoms with E-state index in [9.17, 15) is 0 Å². The van der Waals surface area contributed by atoms with Crippen LogP contribution in [0.4, 0.5) is 0 Å². The lowest BCUT2D eigenvalue weighted by atomic mass is 10.0. The quantitative estimate of drug-likeness (QED) is 0.520. The van der Waals surface area contributed by atoms with Gasteiger partial charge in [0.15, 0.2) is 0 Å². The molecular weight excluding hydrogens is 110 g/mol. The van der Waals surface area contributed by atoms with Crippen molar-refractivity contribution in [3.05, 3.63) is 6.92 Å². The molecule has 9 heavy (non-hydrogen) atoms. The Morgan fingerprint density at radius 1 is 1.22 bits per heavy atom. The Hall–Kier alpha value is -0.0400. The molecule has 0 spiro atoms. The Labute approximate surface area is 57.8 Å². The van der Waals surface area contributed by atoms with Crippen LogP contribution in [0.15, 0.2) is 0 Å². The summed E-state index contributed by atoms with van der Waals surface area (Å²) in [5.41, 5.74) is 0. The minimum Gasteiger partial charge on any atom is -0.316 e. The lowest BCUT2D eigenvalue weighted by molar-refractivity contribution is 0.447. The van der Waals surface area contributed by atoms with Gasteiger partial charge >= 0.3 is 0 Å². The zero-order chi connectivity index (χ0) is 6.53. The Morgan fingerprint density at radius 2 is 2.11 bits per heavy atom. The second-order valence-electron chi connectivity index (χ2n) is 2.92. The van der Waals surface area contributed by atoms with Gasteiger partial charge in [0, 0.05) is 0 Å². The normalized spacial score (nSPS) is 31.0. The molecule has 1 heteroatoms. The van der Waals surface area contributed by atoms with Crippen LogP contribution in [0.1, 0.15) is 25.7 Å². The molecule has 53 valence electrons. The molecule has 1 fully saturated rings. The predicted octanol–water partition coefficient (Wildman–Crippen LogP) is 1.60. The average molecular weight is 126 g/mol. The summed E-state index contributed by atoms with van der Waals surface area (Å²) in [6.07, 6.45) is 5.44. The molecule has 0 aromatic rings. The molecule has 1 heterocycles. The maximum atomic E-state index is 4.04. The van der Waals surface area contributed by atoms with E-state index in [0.717, 1.165) is 6.54 Å². The van der Waals surface area contributed by atoms with Gasteiger partial charge in [-0.25, -0.2) is 0 Å². The van der Waals surface area contributed by atoms with E-state index in [4.69, 9.17) is 0 Å². The molecule has 1 atom stereocenters. The Morgan fingerprint density at radius 3 is 3.00 bits per heavy atom. The first-order valence-corrected chi connectivity index (χ1v) is 3.93. The summed E-state index contributed by atoms with van der Waals surface area (Å²) < 4.78 is 0. The minimum atomic E-state index is 0.658. The first-order valence-electron chi connectivity index (χ1n) is 3.93. The van der Waals surface area contributed by atoms with Gasteiger partial charge in [0.25, 0.3) is 0 Å². The standard InChI is InChI=1S/C8H16N/c1-8-5-3-2-4-6-9-7-8/h8-9H,1-7H2. The van der Waals surface area contributed by atoms with Crippen molar-refractivity contribution in [2.45, 2.75) is 25.7 Å². The van der Waals surface area contributed by atoms with E-state index in [2.05, 4.69) is 12.2 Å². The second-order valence-corrected chi connectivity index (χ2v) is 2.92. The Balaban J connectivity index is 2.12. The molecule has 0 aliphatic carbocycles. The van der Waals surface area contributed by atoms with Crippen LogP contribution in [0.25, 0.3) is 0 Å². The van der Waals surface area contributed by atoms with E-state index in [1.807, 2.05) is 0 Å². The maximum absolute atomic E-state index is 4.04. The van der Waals surface area contributed by atoms with E-state index < -0.39 is 0 Å². The summed E-state index contributed by atoms with van der Waals surface area (Å²) in [5.74, 6) is 0.658. The fourth-order valence-corrected chi connectivity index (χ4v) is 1.27. The third-order valence-corrected chi connectivity index (χ3v) is 1.90. The van der Waals surface area contributed by atoms with Gasteiger partial charge in [0.2, 0.25) is 0 Å². The van der Waals surface area contributed by atoms with Gasteiger partial charge in [-0.1, -0.05) is 12.8 Å². The number of hydrogen-bond donors (Lipinski definition) is 1. The van der Waals surface area contributed by atoms with E-state index in [0.29, 0.717) is 5.92 Å². The van der Waals surface area contributed by atoms with Crippen molar-refractivity contribution in [2.24, 2.45) is 5.92 Å². The van der Waals surface area contributed by atoms with E-state index in [-0.39, 0.29) is 0 Å². The molecule has 0 saturated carbocycles. The smallest absolute Gasteiger partial charge is 0.00205 e. The van der Waals surface area contributed by atoms with Crippen LogP contribution in [0, 0.1) is 12.8 Å². The van der Waals surface area contributed by atoms with Gasteiger partial charge in [0.05, 0.1) is 0 Å². The fourth-order valence-electron chi connectivity index (χ4n) is 1.27. The number of hydrogen-bond acceptors (Lipinski definition) is 1. The van der Waals surface area contributed by atoms with Crippen molar-refractivity contribution in [3.63, 3.8) is 0 Å². The number of nitrogens with one attached hydrogen (secondary N) is 1. The summed E-state index contributed by atoms with van der Waals surface area (Å²) >= 11 is 0. The van der Waals surface area contributed by atoms with Crippen LogP contribution < -0.4 is 5.32 Å². The van der Waals surface area contributed by atoms with Gasteiger partial charge in [0.1, 0.15) is 0 Å². The highest BCUT2D eigenvalue weighted by atomic mass is 14.9. The van der Waals surface area contributed by atoms with E-state index >= 15 is 0 Å². The van der Waals surface area contributed by atoms with Crippen LogP contribution in [0.3, 0.4) is 0 Å². The van der Waals surface area contributed by atoms with Crippen molar-refractivity contribution in [1.82, 2.24) is 5.32 Å².